The first-order valence-corrected chi connectivity index (χ1v) is 12.8. The normalized spacial score (nSPS) is 17.6. The molecule has 1 aromatic heterocycles. The first-order chi connectivity index (χ1) is 18.4. The maximum atomic E-state index is 13.7. The van der Waals surface area contributed by atoms with Crippen LogP contribution in [0.4, 0.5) is 0 Å². The summed E-state index contributed by atoms with van der Waals surface area (Å²) in [6, 6.07) is 9.22. The zero-order valence-electron chi connectivity index (χ0n) is 23.5. The number of amides is 1. The van der Waals surface area contributed by atoms with Gasteiger partial charge in [-0.25, -0.2) is 9.59 Å². The van der Waals surface area contributed by atoms with Crippen molar-refractivity contribution in [1.82, 2.24) is 10.3 Å². The third kappa shape index (κ3) is 6.85. The molecule has 9 nitrogen and oxygen atoms in total. The number of ether oxygens (including phenoxy) is 3. The smallest absolute Gasteiger partial charge is 0.355 e. The lowest BCUT2D eigenvalue weighted by atomic mass is 9.95. The van der Waals surface area contributed by atoms with E-state index in [1.165, 1.54) is 7.11 Å². The molecule has 208 valence electrons. The molecule has 1 aliphatic heterocycles. The molecule has 0 spiro atoms. The van der Waals surface area contributed by atoms with Crippen molar-refractivity contribution < 1.29 is 33.4 Å². The second-order valence-electron chi connectivity index (χ2n) is 10.3. The van der Waals surface area contributed by atoms with Crippen LogP contribution in [-0.4, -0.2) is 41.5 Å². The van der Waals surface area contributed by atoms with E-state index in [9.17, 15) is 19.2 Å². The Morgan fingerprint density at radius 3 is 2.33 bits per heavy atom. The zero-order valence-corrected chi connectivity index (χ0v) is 23.5. The Morgan fingerprint density at radius 1 is 1.08 bits per heavy atom. The highest BCUT2D eigenvalue weighted by atomic mass is 16.6. The minimum atomic E-state index is -0.779. The topological polar surface area (TPSA) is 124 Å². The second kappa shape index (κ2) is 12.1. The van der Waals surface area contributed by atoms with Crippen LogP contribution in [0.2, 0.25) is 0 Å². The zero-order chi connectivity index (χ0) is 28.9. The number of hydrogen-bond acceptors (Lipinski definition) is 7. The predicted octanol–water partition coefficient (Wildman–Crippen LogP) is 4.55. The van der Waals surface area contributed by atoms with Gasteiger partial charge in [0.2, 0.25) is 5.91 Å². The van der Waals surface area contributed by atoms with E-state index in [2.05, 4.69) is 10.3 Å². The van der Waals surface area contributed by atoms with Gasteiger partial charge in [-0.2, -0.15) is 0 Å². The lowest BCUT2D eigenvalue weighted by Gasteiger charge is -2.19. The number of aromatic amines is 1. The van der Waals surface area contributed by atoms with Gasteiger partial charge >= 0.3 is 17.9 Å². The van der Waals surface area contributed by atoms with Gasteiger partial charge in [0.25, 0.3) is 0 Å². The van der Waals surface area contributed by atoms with Gasteiger partial charge in [-0.1, -0.05) is 36.4 Å². The Kier molecular flexibility index (Phi) is 9.16. The van der Waals surface area contributed by atoms with E-state index >= 15 is 0 Å². The van der Waals surface area contributed by atoms with Crippen LogP contribution in [0.25, 0.3) is 5.57 Å². The molecule has 2 aromatic rings. The maximum Gasteiger partial charge on any atom is 0.355 e. The summed E-state index contributed by atoms with van der Waals surface area (Å²) in [5.74, 6) is -2.49. The van der Waals surface area contributed by atoms with Gasteiger partial charge in [-0.3, -0.25) is 9.59 Å². The van der Waals surface area contributed by atoms with Crippen LogP contribution in [0, 0.1) is 12.8 Å². The Bertz CT molecular complexity index is 1330. The van der Waals surface area contributed by atoms with Gasteiger partial charge in [0.1, 0.15) is 23.5 Å². The lowest BCUT2D eigenvalue weighted by molar-refractivity contribution is -0.140. The van der Waals surface area contributed by atoms with Crippen LogP contribution in [0.3, 0.4) is 0 Å². The highest BCUT2D eigenvalue weighted by molar-refractivity contribution is 6.20. The highest BCUT2D eigenvalue weighted by Gasteiger charge is 2.36. The molecule has 0 aliphatic carbocycles. The predicted molar refractivity (Wildman–Crippen MR) is 145 cm³/mol. The van der Waals surface area contributed by atoms with E-state index < -0.39 is 29.4 Å². The molecule has 1 unspecified atom stereocenters. The fraction of sp³-hybridized carbons (Fsp3) is 0.400. The molecule has 3 rings (SSSR count). The number of carbonyl (C=O) groups is 4. The fourth-order valence-corrected chi connectivity index (χ4v) is 4.41. The van der Waals surface area contributed by atoms with Gasteiger partial charge in [0, 0.05) is 6.42 Å². The minimum absolute atomic E-state index is 0.0129. The Morgan fingerprint density at radius 2 is 1.74 bits per heavy atom. The van der Waals surface area contributed by atoms with Crippen molar-refractivity contribution in [2.45, 2.75) is 66.6 Å². The van der Waals surface area contributed by atoms with Crippen molar-refractivity contribution in [3.8, 4) is 0 Å². The molecule has 1 fully saturated rings. The van der Waals surface area contributed by atoms with Crippen molar-refractivity contribution >= 4 is 29.4 Å². The summed E-state index contributed by atoms with van der Waals surface area (Å²) in [6.45, 7) is 10.5. The number of carbonyl (C=O) groups excluding carboxylic acids is 4. The summed E-state index contributed by atoms with van der Waals surface area (Å²) < 4.78 is 16.1. The molecule has 0 bridgehead atoms. The quantitative estimate of drug-likeness (QED) is 0.288. The molecule has 2 N–H and O–H groups in total. The van der Waals surface area contributed by atoms with Crippen molar-refractivity contribution in [3.05, 3.63) is 75.8 Å². The number of nitrogens with one attached hydrogen (secondary N) is 2. The molecule has 2 heterocycles. The molecule has 0 saturated carbocycles. The number of methoxy groups -OCH3 is 1. The molecular weight excluding hydrogens is 500 g/mol. The molecule has 1 aliphatic rings. The molecule has 0 radical (unpaired) electrons. The van der Waals surface area contributed by atoms with Crippen molar-refractivity contribution in [3.63, 3.8) is 0 Å². The summed E-state index contributed by atoms with van der Waals surface area (Å²) in [4.78, 5) is 54.6. The summed E-state index contributed by atoms with van der Waals surface area (Å²) in [5, 5.41) is 2.83. The number of esters is 3. The Balaban J connectivity index is 2.18. The average Bonchev–Trinajstić information content (AvgIpc) is 3.36. The number of allylic oxidation sites excluding steroid dienone is 2. The largest absolute Gasteiger partial charge is 0.469 e. The second-order valence-corrected chi connectivity index (χ2v) is 10.3. The number of hydrogen-bond donors (Lipinski definition) is 2. The Labute approximate surface area is 228 Å². The summed E-state index contributed by atoms with van der Waals surface area (Å²) in [7, 11) is 1.29. The Hall–Kier alpha value is -4.14. The number of rotatable bonds is 8. The van der Waals surface area contributed by atoms with E-state index in [4.69, 9.17) is 14.2 Å². The van der Waals surface area contributed by atoms with Crippen LogP contribution in [0.15, 0.2) is 47.7 Å². The molecule has 1 amide bonds. The SMILES string of the molecule is C/C=C1/C(=C(\C(=O)OCc2ccccc2)c2[nH]c(C(=O)OC(C)(C)C)c(CCC(=O)OC)c2C)NC(=O)C1C. The van der Waals surface area contributed by atoms with E-state index in [0.29, 0.717) is 28.1 Å². The summed E-state index contributed by atoms with van der Waals surface area (Å²) in [6.07, 6.45) is 1.96. The van der Waals surface area contributed by atoms with Crippen LogP contribution < -0.4 is 5.32 Å². The first-order valence-electron chi connectivity index (χ1n) is 12.8. The van der Waals surface area contributed by atoms with E-state index in [1.54, 1.807) is 47.6 Å². The van der Waals surface area contributed by atoms with Gasteiger partial charge in [-0.15, -0.1) is 0 Å². The number of benzene rings is 1. The fourth-order valence-electron chi connectivity index (χ4n) is 4.41. The lowest BCUT2D eigenvalue weighted by Crippen LogP contribution is -2.25. The third-order valence-corrected chi connectivity index (χ3v) is 6.41. The molecule has 39 heavy (non-hydrogen) atoms. The standard InChI is InChI=1S/C30H36N2O7/c1-8-20-18(3)27(34)32-25(20)23(28(35)38-16-19-12-10-9-11-13-19)24-17(2)21(14-15-22(33)37-7)26(31-24)29(36)39-30(4,5)6/h8-13,18,31H,14-16H2,1-7H3,(H,32,34)/b20-8+,25-23+. The third-order valence-electron chi connectivity index (χ3n) is 6.41. The van der Waals surface area contributed by atoms with Gasteiger partial charge in [0.05, 0.1) is 24.4 Å². The van der Waals surface area contributed by atoms with Crippen LogP contribution >= 0.6 is 0 Å². The maximum absolute atomic E-state index is 13.7. The molecule has 1 saturated heterocycles. The molecule has 9 heteroatoms. The number of H-pyrrole nitrogens is 1. The highest BCUT2D eigenvalue weighted by Crippen LogP contribution is 2.36. The van der Waals surface area contributed by atoms with Crippen molar-refractivity contribution in [2.75, 3.05) is 7.11 Å². The summed E-state index contributed by atoms with van der Waals surface area (Å²) >= 11 is 0. The van der Waals surface area contributed by atoms with Crippen LogP contribution in [0.5, 0.6) is 0 Å². The number of aromatic nitrogens is 1. The van der Waals surface area contributed by atoms with E-state index in [-0.39, 0.29) is 36.6 Å². The van der Waals surface area contributed by atoms with Crippen LogP contribution in [-0.2, 0) is 41.6 Å². The molecule has 1 aromatic carbocycles. The van der Waals surface area contributed by atoms with E-state index in [1.807, 2.05) is 30.3 Å². The summed E-state index contributed by atoms with van der Waals surface area (Å²) in [5.41, 5.74) is 2.54. The monoisotopic (exact) mass is 536 g/mol. The first kappa shape index (κ1) is 29.4. The van der Waals surface area contributed by atoms with Gasteiger partial charge < -0.3 is 24.5 Å². The molecular formula is C30H36N2O7. The van der Waals surface area contributed by atoms with Crippen molar-refractivity contribution in [1.29, 1.82) is 0 Å². The average molecular weight is 537 g/mol. The van der Waals surface area contributed by atoms with Crippen molar-refractivity contribution in [2.24, 2.45) is 5.92 Å². The van der Waals surface area contributed by atoms with E-state index in [0.717, 1.165) is 5.56 Å². The van der Waals surface area contributed by atoms with Gasteiger partial charge in [-0.05, 0) is 70.2 Å². The van der Waals surface area contributed by atoms with Gasteiger partial charge in [0.15, 0.2) is 0 Å². The van der Waals surface area contributed by atoms with Crippen LogP contribution in [0.1, 0.15) is 73.9 Å². The minimum Gasteiger partial charge on any atom is -0.469 e. The molecule has 1 atom stereocenters.